The Labute approximate surface area is 137 Å². The first-order chi connectivity index (χ1) is 11.0. The van der Waals surface area contributed by atoms with E-state index in [1.807, 2.05) is 18.7 Å². The van der Waals surface area contributed by atoms with E-state index in [2.05, 4.69) is 5.32 Å². The molecule has 23 heavy (non-hydrogen) atoms. The third-order valence-electron chi connectivity index (χ3n) is 5.92. The zero-order valence-electron chi connectivity index (χ0n) is 14.1. The summed E-state index contributed by atoms with van der Waals surface area (Å²) in [5.74, 6) is -0.185. The third-order valence-corrected chi connectivity index (χ3v) is 5.92. The molecule has 0 aromatic carbocycles. The van der Waals surface area contributed by atoms with E-state index in [1.54, 1.807) is 0 Å². The maximum Gasteiger partial charge on any atom is 0.325 e. The van der Waals surface area contributed by atoms with Gasteiger partial charge < -0.3 is 10.2 Å². The molecule has 1 aliphatic carbocycles. The number of imide groups is 1. The van der Waals surface area contributed by atoms with Crippen LogP contribution < -0.4 is 5.32 Å². The minimum atomic E-state index is -0.775. The molecule has 1 N–H and O–H groups in total. The van der Waals surface area contributed by atoms with E-state index < -0.39 is 11.6 Å². The van der Waals surface area contributed by atoms with Crippen LogP contribution in [0.2, 0.25) is 0 Å². The van der Waals surface area contributed by atoms with Crippen LogP contribution in [-0.4, -0.2) is 52.3 Å². The summed E-state index contributed by atoms with van der Waals surface area (Å²) in [6, 6.07) is -0.207. The Bertz CT molecular complexity index is 521. The quantitative estimate of drug-likeness (QED) is 0.790. The maximum absolute atomic E-state index is 12.9. The first kappa shape index (κ1) is 16.3. The van der Waals surface area contributed by atoms with Crippen LogP contribution >= 0.6 is 0 Å². The maximum atomic E-state index is 12.9. The molecular weight excluding hydrogens is 294 g/mol. The van der Waals surface area contributed by atoms with Crippen molar-refractivity contribution in [1.82, 2.24) is 15.1 Å². The fourth-order valence-electron chi connectivity index (χ4n) is 4.33. The highest BCUT2D eigenvalue weighted by molar-refractivity contribution is 6.09. The summed E-state index contributed by atoms with van der Waals surface area (Å²) < 4.78 is 0. The summed E-state index contributed by atoms with van der Waals surface area (Å²) in [6.07, 6.45) is 6.79. The van der Waals surface area contributed by atoms with Gasteiger partial charge in [-0.15, -0.1) is 0 Å². The molecule has 1 spiro atoms. The van der Waals surface area contributed by atoms with Gasteiger partial charge in [0.05, 0.1) is 0 Å². The molecule has 3 fully saturated rings. The Morgan fingerprint density at radius 3 is 2.61 bits per heavy atom. The average molecular weight is 321 g/mol. The molecule has 0 radical (unpaired) electrons. The number of piperidine rings is 1. The van der Waals surface area contributed by atoms with Crippen LogP contribution in [0, 0.1) is 5.92 Å². The Morgan fingerprint density at radius 1 is 1.17 bits per heavy atom. The third kappa shape index (κ3) is 2.72. The van der Waals surface area contributed by atoms with Gasteiger partial charge in [0.25, 0.3) is 5.91 Å². The lowest BCUT2D eigenvalue weighted by molar-refractivity contribution is -0.142. The van der Waals surface area contributed by atoms with Gasteiger partial charge in [-0.2, -0.15) is 0 Å². The van der Waals surface area contributed by atoms with E-state index in [0.29, 0.717) is 6.42 Å². The molecule has 2 saturated heterocycles. The molecule has 2 aliphatic heterocycles. The van der Waals surface area contributed by atoms with Crippen LogP contribution in [0.1, 0.15) is 58.8 Å². The lowest BCUT2D eigenvalue weighted by Crippen LogP contribution is -2.54. The van der Waals surface area contributed by atoms with Crippen molar-refractivity contribution >= 4 is 17.8 Å². The fourth-order valence-corrected chi connectivity index (χ4v) is 4.33. The lowest BCUT2D eigenvalue weighted by Gasteiger charge is -2.37. The number of carbonyl (C=O) groups is 3. The van der Waals surface area contributed by atoms with Gasteiger partial charge in [0, 0.05) is 12.6 Å². The molecule has 6 heteroatoms. The molecule has 0 unspecified atom stereocenters. The second-order valence-electron chi connectivity index (χ2n) is 7.37. The lowest BCUT2D eigenvalue weighted by atomic mass is 9.73. The van der Waals surface area contributed by atoms with Crippen molar-refractivity contribution in [2.24, 2.45) is 5.92 Å². The number of rotatable bonds is 2. The van der Waals surface area contributed by atoms with Crippen LogP contribution in [0.5, 0.6) is 0 Å². The van der Waals surface area contributed by atoms with Crippen molar-refractivity contribution in [3.8, 4) is 0 Å². The molecular formula is C17H27N3O3. The van der Waals surface area contributed by atoms with Crippen molar-refractivity contribution in [3.63, 3.8) is 0 Å². The van der Waals surface area contributed by atoms with E-state index >= 15 is 0 Å². The van der Waals surface area contributed by atoms with Gasteiger partial charge >= 0.3 is 6.03 Å². The van der Waals surface area contributed by atoms with E-state index in [9.17, 15) is 14.4 Å². The highest BCUT2D eigenvalue weighted by atomic mass is 16.2. The Hall–Kier alpha value is -1.59. The highest BCUT2D eigenvalue weighted by Gasteiger charge is 2.55. The number of hydrogen-bond donors (Lipinski definition) is 1. The van der Waals surface area contributed by atoms with Gasteiger partial charge in [-0.3, -0.25) is 14.5 Å². The standard InChI is InChI=1S/C17H27N3O3/c1-12-7-3-5-9-17(12)15(22)20(16(23)18-17)11-14(21)19-10-6-4-8-13(19)2/h12-13H,3-11H2,1-2H3,(H,18,23)/t12-,13+,17-/m1/s1. The van der Waals surface area contributed by atoms with Gasteiger partial charge in [-0.25, -0.2) is 4.79 Å². The molecule has 4 amide bonds. The van der Waals surface area contributed by atoms with E-state index in [0.717, 1.165) is 50.0 Å². The Kier molecular flexibility index (Phi) is 4.34. The number of hydrogen-bond acceptors (Lipinski definition) is 3. The summed E-state index contributed by atoms with van der Waals surface area (Å²) in [7, 11) is 0. The number of urea groups is 1. The molecule has 2 heterocycles. The molecule has 3 rings (SSSR count). The van der Waals surface area contributed by atoms with Crippen LogP contribution in [0.4, 0.5) is 4.79 Å². The average Bonchev–Trinajstić information content (AvgIpc) is 2.76. The minimum absolute atomic E-state index is 0.110. The first-order valence-electron chi connectivity index (χ1n) is 8.89. The summed E-state index contributed by atoms with van der Waals surface area (Å²) in [4.78, 5) is 40.7. The molecule has 3 atom stereocenters. The van der Waals surface area contributed by atoms with E-state index in [1.165, 1.54) is 0 Å². The monoisotopic (exact) mass is 321 g/mol. The summed E-state index contributed by atoms with van der Waals surface area (Å²) in [6.45, 7) is 4.66. The molecule has 3 aliphatic rings. The molecule has 0 aromatic rings. The summed E-state index contributed by atoms with van der Waals surface area (Å²) in [5.41, 5.74) is -0.775. The predicted molar refractivity (Wildman–Crippen MR) is 85.6 cm³/mol. The normalized spacial score (nSPS) is 34.9. The number of nitrogens with zero attached hydrogens (tertiary/aromatic N) is 2. The molecule has 0 aromatic heterocycles. The molecule has 1 saturated carbocycles. The topological polar surface area (TPSA) is 69.7 Å². The predicted octanol–water partition coefficient (Wildman–Crippen LogP) is 1.89. The second kappa shape index (κ2) is 6.13. The Morgan fingerprint density at radius 2 is 1.91 bits per heavy atom. The summed E-state index contributed by atoms with van der Waals surface area (Å²) >= 11 is 0. The van der Waals surface area contributed by atoms with Gasteiger partial charge in [0.2, 0.25) is 5.91 Å². The number of likely N-dealkylation sites (tertiary alicyclic amines) is 1. The van der Waals surface area contributed by atoms with Crippen LogP contribution in [0.15, 0.2) is 0 Å². The van der Waals surface area contributed by atoms with Gasteiger partial charge in [-0.1, -0.05) is 19.8 Å². The van der Waals surface area contributed by atoms with E-state index in [-0.39, 0.29) is 30.3 Å². The van der Waals surface area contributed by atoms with Crippen LogP contribution in [0.25, 0.3) is 0 Å². The summed E-state index contributed by atoms with van der Waals surface area (Å²) in [5, 5.41) is 2.91. The van der Waals surface area contributed by atoms with Crippen LogP contribution in [0.3, 0.4) is 0 Å². The zero-order valence-corrected chi connectivity index (χ0v) is 14.1. The first-order valence-corrected chi connectivity index (χ1v) is 8.89. The van der Waals surface area contributed by atoms with Gasteiger partial charge in [0.15, 0.2) is 0 Å². The highest BCUT2D eigenvalue weighted by Crippen LogP contribution is 2.38. The van der Waals surface area contributed by atoms with Crippen LogP contribution in [-0.2, 0) is 9.59 Å². The molecule has 0 bridgehead atoms. The van der Waals surface area contributed by atoms with Crippen molar-refractivity contribution in [3.05, 3.63) is 0 Å². The SMILES string of the molecule is C[C@@H]1CCCC[C@@]12NC(=O)N(CC(=O)N1CCCC[C@@H]1C)C2=O. The largest absolute Gasteiger partial charge is 0.338 e. The second-order valence-corrected chi connectivity index (χ2v) is 7.37. The van der Waals surface area contributed by atoms with Crippen molar-refractivity contribution < 1.29 is 14.4 Å². The van der Waals surface area contributed by atoms with Gasteiger partial charge in [0.1, 0.15) is 12.1 Å². The van der Waals surface area contributed by atoms with Crippen molar-refractivity contribution in [2.45, 2.75) is 70.4 Å². The zero-order chi connectivity index (χ0) is 16.6. The smallest absolute Gasteiger partial charge is 0.325 e. The number of nitrogens with one attached hydrogen (secondary N) is 1. The van der Waals surface area contributed by atoms with Crippen molar-refractivity contribution in [1.29, 1.82) is 0 Å². The number of amides is 4. The molecule has 128 valence electrons. The Balaban J connectivity index is 1.72. The van der Waals surface area contributed by atoms with E-state index in [4.69, 9.17) is 0 Å². The number of carbonyl (C=O) groups excluding carboxylic acids is 3. The van der Waals surface area contributed by atoms with Crippen molar-refractivity contribution in [2.75, 3.05) is 13.1 Å². The van der Waals surface area contributed by atoms with Gasteiger partial charge in [-0.05, 0) is 44.9 Å². The fraction of sp³-hybridized carbons (Fsp3) is 0.824. The minimum Gasteiger partial charge on any atom is -0.338 e. The molecule has 6 nitrogen and oxygen atoms in total.